The molecule has 0 spiro atoms. The number of hydrogen-bond acceptors (Lipinski definition) is 3. The number of nitrogens with two attached hydrogens (primary N) is 1. The van der Waals surface area contributed by atoms with Gasteiger partial charge >= 0.3 is 0 Å². The Morgan fingerprint density at radius 3 is 2.54 bits per heavy atom. The summed E-state index contributed by atoms with van der Waals surface area (Å²) >= 11 is 0. The number of hydrogen-bond donors (Lipinski definition) is 2. The van der Waals surface area contributed by atoms with Crippen LogP contribution in [0.1, 0.15) is 50.7 Å². The van der Waals surface area contributed by atoms with Crippen molar-refractivity contribution in [1.82, 2.24) is 5.32 Å². The Morgan fingerprint density at radius 2 is 1.96 bits per heavy atom. The molecule has 0 aliphatic carbocycles. The Kier molecular flexibility index (Phi) is 7.71. The van der Waals surface area contributed by atoms with Gasteiger partial charge in [0.2, 0.25) is 5.91 Å². The van der Waals surface area contributed by atoms with Crippen LogP contribution in [0.2, 0.25) is 0 Å². The average molecular weight is 355 g/mol. The van der Waals surface area contributed by atoms with Gasteiger partial charge in [-0.25, -0.2) is 0 Å². The molecule has 2 rings (SSSR count). The van der Waals surface area contributed by atoms with Crippen molar-refractivity contribution >= 4 is 18.3 Å². The van der Waals surface area contributed by atoms with Gasteiger partial charge in [0.25, 0.3) is 0 Å². The van der Waals surface area contributed by atoms with Gasteiger partial charge < -0.3 is 15.8 Å². The minimum Gasteiger partial charge on any atom is -0.381 e. The first-order chi connectivity index (χ1) is 10.9. The summed E-state index contributed by atoms with van der Waals surface area (Å²) in [7, 11) is 0. The molecule has 1 fully saturated rings. The number of amides is 1. The highest BCUT2D eigenvalue weighted by Gasteiger charge is 2.37. The summed E-state index contributed by atoms with van der Waals surface area (Å²) in [6.07, 6.45) is 3.44. The van der Waals surface area contributed by atoms with E-state index < -0.39 is 5.54 Å². The topological polar surface area (TPSA) is 64.4 Å². The lowest BCUT2D eigenvalue weighted by Gasteiger charge is -2.39. The number of carbonyl (C=O) groups excluding carboxylic acids is 1. The Hall–Kier alpha value is -1.10. The molecule has 24 heavy (non-hydrogen) atoms. The van der Waals surface area contributed by atoms with E-state index in [9.17, 15) is 4.79 Å². The van der Waals surface area contributed by atoms with Gasteiger partial charge in [-0.2, -0.15) is 0 Å². The van der Waals surface area contributed by atoms with Crippen molar-refractivity contribution in [3.8, 4) is 0 Å². The highest BCUT2D eigenvalue weighted by molar-refractivity contribution is 5.85. The third-order valence-corrected chi connectivity index (χ3v) is 5.04. The van der Waals surface area contributed by atoms with Crippen LogP contribution in [0.15, 0.2) is 24.3 Å². The summed E-state index contributed by atoms with van der Waals surface area (Å²) < 4.78 is 5.56. The molecule has 1 aromatic carbocycles. The Bertz CT molecular complexity index is 540. The van der Waals surface area contributed by atoms with Crippen molar-refractivity contribution in [1.29, 1.82) is 0 Å². The predicted octanol–water partition coefficient (Wildman–Crippen LogP) is 3.10. The van der Waals surface area contributed by atoms with E-state index in [0.29, 0.717) is 13.0 Å². The van der Waals surface area contributed by atoms with Crippen LogP contribution in [0.4, 0.5) is 0 Å². The minimum absolute atomic E-state index is 0. The third-order valence-electron chi connectivity index (χ3n) is 5.04. The van der Waals surface area contributed by atoms with Crippen molar-refractivity contribution in [3.05, 3.63) is 35.4 Å². The van der Waals surface area contributed by atoms with Crippen LogP contribution in [-0.4, -0.2) is 31.2 Å². The molecule has 1 atom stereocenters. The van der Waals surface area contributed by atoms with Crippen molar-refractivity contribution in [2.45, 2.75) is 57.4 Å². The molecule has 0 saturated carbocycles. The van der Waals surface area contributed by atoms with Crippen molar-refractivity contribution in [2.24, 2.45) is 5.73 Å². The fraction of sp³-hybridized carbons (Fsp3) is 0.632. The van der Waals surface area contributed by atoms with Crippen LogP contribution in [0.5, 0.6) is 0 Å². The number of nitrogens with one attached hydrogen (secondary N) is 1. The van der Waals surface area contributed by atoms with Crippen LogP contribution in [0, 0.1) is 6.92 Å². The summed E-state index contributed by atoms with van der Waals surface area (Å²) in [6.45, 7) is 8.09. The van der Waals surface area contributed by atoms with Gasteiger partial charge in [0, 0.05) is 25.2 Å². The van der Waals surface area contributed by atoms with Crippen LogP contribution >= 0.6 is 12.4 Å². The van der Waals surface area contributed by atoms with Crippen LogP contribution in [0.25, 0.3) is 0 Å². The number of carbonyl (C=O) groups is 1. The standard InChI is InChI=1S/C19H30N2O2.ClH/c1-4-9-18(3,20)17(22)21-14-19(10-12-23-13-11-19)16-8-6-5-7-15(16)2;/h5-8H,4,9-14,20H2,1-3H3,(H,21,22);1H. The number of ether oxygens (including phenoxy) is 1. The zero-order chi connectivity index (χ0) is 16.9. The summed E-state index contributed by atoms with van der Waals surface area (Å²) in [6, 6.07) is 8.45. The van der Waals surface area contributed by atoms with E-state index in [4.69, 9.17) is 10.5 Å². The van der Waals surface area contributed by atoms with Gasteiger partial charge in [-0.05, 0) is 44.2 Å². The maximum Gasteiger partial charge on any atom is 0.239 e. The number of halogens is 1. The number of aryl methyl sites for hydroxylation is 1. The van der Waals surface area contributed by atoms with Gasteiger partial charge in [0.1, 0.15) is 0 Å². The second-order valence-corrected chi connectivity index (χ2v) is 7.06. The smallest absolute Gasteiger partial charge is 0.239 e. The zero-order valence-corrected chi connectivity index (χ0v) is 15.9. The van der Waals surface area contributed by atoms with E-state index in [0.717, 1.165) is 32.5 Å². The fourth-order valence-electron chi connectivity index (χ4n) is 3.56. The molecule has 5 heteroatoms. The lowest BCUT2D eigenvalue weighted by molar-refractivity contribution is -0.126. The Labute approximate surface area is 151 Å². The molecule has 1 amide bonds. The first kappa shape index (κ1) is 20.9. The van der Waals surface area contributed by atoms with Crippen LogP contribution in [-0.2, 0) is 14.9 Å². The number of rotatable bonds is 6. The van der Waals surface area contributed by atoms with E-state index in [1.54, 1.807) is 0 Å². The van der Waals surface area contributed by atoms with Crippen LogP contribution in [0.3, 0.4) is 0 Å². The molecule has 1 aliphatic rings. The molecule has 0 aromatic heterocycles. The molecular weight excluding hydrogens is 324 g/mol. The SMILES string of the molecule is CCCC(C)(N)C(=O)NCC1(c2ccccc2C)CCOCC1.Cl. The van der Waals surface area contributed by atoms with E-state index in [1.165, 1.54) is 11.1 Å². The molecular formula is C19H31ClN2O2. The molecule has 0 bridgehead atoms. The third kappa shape index (κ3) is 4.71. The quantitative estimate of drug-likeness (QED) is 0.825. The van der Waals surface area contributed by atoms with E-state index >= 15 is 0 Å². The molecule has 136 valence electrons. The first-order valence-electron chi connectivity index (χ1n) is 8.62. The van der Waals surface area contributed by atoms with E-state index in [1.807, 2.05) is 13.8 Å². The van der Waals surface area contributed by atoms with Gasteiger partial charge in [0.05, 0.1) is 5.54 Å². The lowest BCUT2D eigenvalue weighted by Crippen LogP contribution is -2.55. The van der Waals surface area contributed by atoms with Crippen molar-refractivity contribution in [3.63, 3.8) is 0 Å². The summed E-state index contributed by atoms with van der Waals surface area (Å²) in [5.41, 5.74) is 7.90. The molecule has 1 heterocycles. The van der Waals surface area contributed by atoms with Gasteiger partial charge in [0.15, 0.2) is 0 Å². The highest BCUT2D eigenvalue weighted by atomic mass is 35.5. The maximum absolute atomic E-state index is 12.5. The fourth-order valence-corrected chi connectivity index (χ4v) is 3.56. The number of benzene rings is 1. The van der Waals surface area contributed by atoms with E-state index in [-0.39, 0.29) is 23.7 Å². The monoisotopic (exact) mass is 354 g/mol. The second kappa shape index (κ2) is 8.84. The lowest BCUT2D eigenvalue weighted by atomic mass is 9.72. The van der Waals surface area contributed by atoms with Gasteiger partial charge in [-0.3, -0.25) is 4.79 Å². The normalized spacial score (nSPS) is 19.0. The molecule has 3 N–H and O–H groups in total. The van der Waals surface area contributed by atoms with Crippen molar-refractivity contribution in [2.75, 3.05) is 19.8 Å². The zero-order valence-electron chi connectivity index (χ0n) is 15.1. The molecule has 4 nitrogen and oxygen atoms in total. The molecule has 1 unspecified atom stereocenters. The molecule has 1 aromatic rings. The highest BCUT2D eigenvalue weighted by Crippen LogP contribution is 2.36. The maximum atomic E-state index is 12.5. The predicted molar refractivity (Wildman–Crippen MR) is 101 cm³/mol. The molecule has 0 radical (unpaired) electrons. The summed E-state index contributed by atoms with van der Waals surface area (Å²) in [4.78, 5) is 12.5. The van der Waals surface area contributed by atoms with Gasteiger partial charge in [-0.1, -0.05) is 37.6 Å². The van der Waals surface area contributed by atoms with E-state index in [2.05, 4.69) is 36.5 Å². The largest absolute Gasteiger partial charge is 0.381 e. The van der Waals surface area contributed by atoms with Crippen LogP contribution < -0.4 is 11.1 Å². The Morgan fingerprint density at radius 1 is 1.33 bits per heavy atom. The Balaban J connectivity index is 0.00000288. The summed E-state index contributed by atoms with van der Waals surface area (Å²) in [5, 5.41) is 3.12. The minimum atomic E-state index is -0.799. The average Bonchev–Trinajstić information content (AvgIpc) is 2.54. The first-order valence-corrected chi connectivity index (χ1v) is 8.62. The molecule has 1 aliphatic heterocycles. The second-order valence-electron chi connectivity index (χ2n) is 7.06. The van der Waals surface area contributed by atoms with Crippen molar-refractivity contribution < 1.29 is 9.53 Å². The van der Waals surface area contributed by atoms with Gasteiger partial charge in [-0.15, -0.1) is 12.4 Å². The summed E-state index contributed by atoms with van der Waals surface area (Å²) in [5.74, 6) is -0.0567. The molecule has 1 saturated heterocycles.